The number of hydrogen-bond acceptors (Lipinski definition) is 9. The van der Waals surface area contributed by atoms with E-state index in [0.29, 0.717) is 0 Å². The predicted molar refractivity (Wildman–Crippen MR) is 130 cm³/mol. The molecular formula is C22H27F3N3O8PS. The molecule has 2 heterocycles. The molecule has 16 heteroatoms. The van der Waals surface area contributed by atoms with Gasteiger partial charge >= 0.3 is 19.9 Å². The second-order valence-electron chi connectivity index (χ2n) is 8.67. The summed E-state index contributed by atoms with van der Waals surface area (Å²) in [5, 5.41) is 12.9. The summed E-state index contributed by atoms with van der Waals surface area (Å²) in [4.78, 5) is 25.9. The third-order valence-corrected chi connectivity index (χ3v) is 7.26. The second kappa shape index (κ2) is 12.1. The first-order valence-corrected chi connectivity index (χ1v) is 13.3. The number of aliphatic hydroxyl groups is 1. The van der Waals surface area contributed by atoms with Gasteiger partial charge in [-0.05, 0) is 45.1 Å². The number of halogens is 3. The maximum Gasteiger partial charge on any atom is 0.459 e. The number of nitrogens with zero attached hydrogens (tertiary/aromatic N) is 1. The molecule has 11 nitrogen and oxygen atoms in total. The zero-order chi connectivity index (χ0) is 28.3. The molecule has 6 atom stereocenters. The summed E-state index contributed by atoms with van der Waals surface area (Å²) in [7, 11) is -4.44. The second-order valence-corrected chi connectivity index (χ2v) is 10.8. The quantitative estimate of drug-likeness (QED) is 0.217. The molecule has 0 aliphatic carbocycles. The van der Waals surface area contributed by atoms with E-state index in [1.54, 1.807) is 32.0 Å². The molecule has 0 radical (unpaired) electrons. The Labute approximate surface area is 220 Å². The third-order valence-electron chi connectivity index (χ3n) is 5.31. The van der Waals surface area contributed by atoms with Gasteiger partial charge < -0.3 is 19.1 Å². The van der Waals surface area contributed by atoms with E-state index < -0.39 is 68.6 Å². The fourth-order valence-corrected chi connectivity index (χ4v) is 5.38. The molecule has 3 N–H and O–H groups in total. The molecule has 210 valence electrons. The molecule has 0 spiro atoms. The van der Waals surface area contributed by atoms with Crippen LogP contribution in [0.3, 0.4) is 0 Å². The molecule has 1 fully saturated rings. The fraction of sp³-hybridized carbons (Fsp3) is 0.500. The standard InChI is InChI=1S/C22H27F3N3O8PS/c1-12(2)34-20(31)13(3)27-37(32,36-14-7-5-4-6-8-14)33-11-15-18(30)17(22(23,24)25)19(35-15)28-10-9-16(29)26-21(28)38/h4-10,12-13,15,17-19,30H,11H2,1-3H3,(H,27,32)(H,26,29,38). The van der Waals surface area contributed by atoms with Gasteiger partial charge in [0.2, 0.25) is 0 Å². The number of aromatic amines is 1. The van der Waals surface area contributed by atoms with Crippen LogP contribution in [0.25, 0.3) is 0 Å². The Kier molecular flexibility index (Phi) is 9.55. The molecular weight excluding hydrogens is 554 g/mol. The third kappa shape index (κ3) is 7.52. The lowest BCUT2D eigenvalue weighted by atomic mass is 9.99. The minimum Gasteiger partial charge on any atom is -0.462 e. The van der Waals surface area contributed by atoms with E-state index in [4.69, 9.17) is 30.7 Å². The Morgan fingerprint density at radius 2 is 1.92 bits per heavy atom. The number of aliphatic hydroxyl groups excluding tert-OH is 1. The largest absolute Gasteiger partial charge is 0.462 e. The molecule has 1 aliphatic rings. The number of H-pyrrole nitrogens is 1. The summed E-state index contributed by atoms with van der Waals surface area (Å²) in [6, 6.07) is 7.46. The minimum atomic E-state index is -4.94. The van der Waals surface area contributed by atoms with Crippen molar-refractivity contribution >= 4 is 25.9 Å². The monoisotopic (exact) mass is 581 g/mol. The topological polar surface area (TPSA) is 141 Å². The van der Waals surface area contributed by atoms with Crippen LogP contribution >= 0.6 is 20.0 Å². The number of hydrogen-bond donors (Lipinski definition) is 3. The van der Waals surface area contributed by atoms with Crippen molar-refractivity contribution in [1.29, 1.82) is 0 Å². The van der Waals surface area contributed by atoms with Crippen molar-refractivity contribution < 1.29 is 46.2 Å². The smallest absolute Gasteiger partial charge is 0.459 e. The predicted octanol–water partition coefficient (Wildman–Crippen LogP) is 3.48. The molecule has 1 aromatic heterocycles. The number of para-hydroxylation sites is 1. The van der Waals surface area contributed by atoms with Crippen molar-refractivity contribution in [3.05, 3.63) is 57.7 Å². The summed E-state index contributed by atoms with van der Waals surface area (Å²) >= 11 is 4.96. The fourth-order valence-electron chi connectivity index (χ4n) is 3.61. The summed E-state index contributed by atoms with van der Waals surface area (Å²) < 4.78 is 77.2. The lowest BCUT2D eigenvalue weighted by molar-refractivity contribution is -0.211. The first kappa shape index (κ1) is 30.0. The first-order valence-electron chi connectivity index (χ1n) is 11.4. The summed E-state index contributed by atoms with van der Waals surface area (Å²) in [5.41, 5.74) is -0.636. The molecule has 0 saturated carbocycles. The van der Waals surface area contributed by atoms with Crippen molar-refractivity contribution in [2.45, 2.75) is 57.5 Å². The number of ether oxygens (including phenoxy) is 2. The zero-order valence-corrected chi connectivity index (χ0v) is 22.2. The van der Waals surface area contributed by atoms with Crippen molar-refractivity contribution in [3.63, 3.8) is 0 Å². The van der Waals surface area contributed by atoms with E-state index in [-0.39, 0.29) is 10.5 Å². The van der Waals surface area contributed by atoms with Crippen LogP contribution in [0, 0.1) is 10.7 Å². The molecule has 1 aliphatic heterocycles. The number of rotatable bonds is 10. The molecule has 2 aromatic rings. The van der Waals surface area contributed by atoms with Gasteiger partial charge in [-0.25, -0.2) is 4.57 Å². The SMILES string of the molecule is CC(C)OC(=O)C(C)NP(=O)(OCC1OC(n2ccc(=O)[nH]c2=S)C(C(F)(F)F)C1O)Oc1ccccc1. The van der Waals surface area contributed by atoms with Gasteiger partial charge in [0.05, 0.1) is 18.8 Å². The summed E-state index contributed by atoms with van der Waals surface area (Å²) in [6.45, 7) is 3.73. The van der Waals surface area contributed by atoms with E-state index in [0.717, 1.165) is 16.8 Å². The van der Waals surface area contributed by atoms with E-state index >= 15 is 0 Å². The highest BCUT2D eigenvalue weighted by Gasteiger charge is 2.58. The Hall–Kier alpha value is -2.55. The van der Waals surface area contributed by atoms with Gasteiger partial charge in [0, 0.05) is 12.3 Å². The maximum atomic E-state index is 13.9. The van der Waals surface area contributed by atoms with Crippen LogP contribution in [0.5, 0.6) is 5.75 Å². The van der Waals surface area contributed by atoms with Crippen LogP contribution in [-0.2, 0) is 23.4 Å². The van der Waals surface area contributed by atoms with E-state index in [9.17, 15) is 32.4 Å². The Morgan fingerprint density at radius 1 is 1.26 bits per heavy atom. The molecule has 6 unspecified atom stereocenters. The molecule has 38 heavy (non-hydrogen) atoms. The number of nitrogens with one attached hydrogen (secondary N) is 2. The van der Waals surface area contributed by atoms with Gasteiger partial charge in [-0.3, -0.25) is 23.7 Å². The van der Waals surface area contributed by atoms with E-state index in [1.165, 1.54) is 19.1 Å². The Morgan fingerprint density at radius 3 is 2.50 bits per heavy atom. The van der Waals surface area contributed by atoms with Gasteiger partial charge in [-0.15, -0.1) is 0 Å². The van der Waals surface area contributed by atoms with Gasteiger partial charge in [-0.2, -0.15) is 18.3 Å². The van der Waals surface area contributed by atoms with Gasteiger partial charge in [0.25, 0.3) is 5.56 Å². The minimum absolute atomic E-state index is 0.0752. The number of esters is 1. The molecule has 1 saturated heterocycles. The van der Waals surface area contributed by atoms with Crippen molar-refractivity contribution in [1.82, 2.24) is 14.6 Å². The van der Waals surface area contributed by atoms with Gasteiger partial charge in [0.1, 0.15) is 23.8 Å². The molecule has 1 aromatic carbocycles. The van der Waals surface area contributed by atoms with Crippen LogP contribution in [0.1, 0.15) is 27.0 Å². The van der Waals surface area contributed by atoms with Crippen LogP contribution in [0.2, 0.25) is 0 Å². The lowest BCUT2D eigenvalue weighted by Crippen LogP contribution is -2.40. The Balaban J connectivity index is 1.85. The lowest BCUT2D eigenvalue weighted by Gasteiger charge is -2.25. The highest BCUT2D eigenvalue weighted by molar-refractivity contribution is 7.71. The average molecular weight is 582 g/mol. The summed E-state index contributed by atoms with van der Waals surface area (Å²) in [5.74, 6) is -3.16. The van der Waals surface area contributed by atoms with Crippen molar-refractivity contribution in [3.8, 4) is 5.75 Å². The normalized spacial score (nSPS) is 24.1. The van der Waals surface area contributed by atoms with Gasteiger partial charge in [0.15, 0.2) is 11.0 Å². The number of carbonyl (C=O) groups excluding carboxylic acids is 1. The van der Waals surface area contributed by atoms with E-state index in [2.05, 4.69) is 10.1 Å². The highest BCUT2D eigenvalue weighted by Crippen LogP contribution is 2.48. The Bertz CT molecular complexity index is 1270. The van der Waals surface area contributed by atoms with Crippen molar-refractivity contribution in [2.75, 3.05) is 6.61 Å². The molecule has 0 bridgehead atoms. The number of carbonyl (C=O) groups is 1. The number of aromatic nitrogens is 2. The van der Waals surface area contributed by atoms with Crippen LogP contribution in [0.4, 0.5) is 13.2 Å². The highest BCUT2D eigenvalue weighted by atomic mass is 32.1. The average Bonchev–Trinajstić information content (AvgIpc) is 3.14. The first-order chi connectivity index (χ1) is 17.7. The number of alkyl halides is 3. The molecule has 0 amide bonds. The van der Waals surface area contributed by atoms with Crippen molar-refractivity contribution in [2.24, 2.45) is 5.92 Å². The van der Waals surface area contributed by atoms with Crippen LogP contribution in [-0.4, -0.2) is 57.8 Å². The van der Waals surface area contributed by atoms with Crippen LogP contribution in [0.15, 0.2) is 47.4 Å². The van der Waals surface area contributed by atoms with Gasteiger partial charge in [-0.1, -0.05) is 18.2 Å². The summed E-state index contributed by atoms with van der Waals surface area (Å²) in [6.07, 6.45) is -10.1. The van der Waals surface area contributed by atoms with E-state index in [1.807, 2.05) is 0 Å². The molecule has 3 rings (SSSR count). The van der Waals surface area contributed by atoms with Crippen LogP contribution < -0.4 is 15.2 Å². The zero-order valence-electron chi connectivity index (χ0n) is 20.5. The maximum absolute atomic E-state index is 13.9. The number of benzene rings is 1.